The van der Waals surface area contributed by atoms with Crippen molar-refractivity contribution in [2.24, 2.45) is 0 Å². The summed E-state index contributed by atoms with van der Waals surface area (Å²) in [7, 11) is 0. The van der Waals surface area contributed by atoms with Gasteiger partial charge in [0.2, 0.25) is 5.67 Å². The number of aliphatic hydroxyl groups is 1. The first-order valence-corrected chi connectivity index (χ1v) is 8.62. The minimum atomic E-state index is -2.30. The molecule has 2 aromatic rings. The predicted octanol–water partition coefficient (Wildman–Crippen LogP) is 3.67. The maximum Gasteiger partial charge on any atom is 0.262 e. The average Bonchev–Trinajstić information content (AvgIpc) is 2.57. The summed E-state index contributed by atoms with van der Waals surface area (Å²) in [6.07, 6.45) is 1.44. The van der Waals surface area contributed by atoms with Crippen LogP contribution in [0.4, 0.5) is 8.78 Å². The molecule has 0 spiro atoms. The van der Waals surface area contributed by atoms with Gasteiger partial charge in [-0.25, -0.2) is 8.78 Å². The van der Waals surface area contributed by atoms with Gasteiger partial charge in [0.15, 0.2) is 0 Å². The summed E-state index contributed by atoms with van der Waals surface area (Å²) in [4.78, 5) is 16.8. The third-order valence-electron chi connectivity index (χ3n) is 4.73. The summed E-state index contributed by atoms with van der Waals surface area (Å²) in [5, 5.41) is 13.2. The summed E-state index contributed by atoms with van der Waals surface area (Å²) in [5.74, 6) is -1.32. The van der Waals surface area contributed by atoms with E-state index in [9.17, 15) is 14.3 Å². The monoisotopic (exact) mass is 380 g/mol. The van der Waals surface area contributed by atoms with E-state index in [1.165, 1.54) is 18.3 Å². The van der Waals surface area contributed by atoms with Gasteiger partial charge in [0, 0.05) is 23.3 Å². The number of pyridine rings is 1. The number of hydrogen-bond acceptors (Lipinski definition) is 3. The molecule has 0 aliphatic heterocycles. The Morgan fingerprint density at radius 1 is 1.38 bits per heavy atom. The largest absolute Gasteiger partial charge is 0.384 e. The number of rotatable bonds is 3. The molecule has 0 bridgehead atoms. The molecule has 3 rings (SSSR count). The van der Waals surface area contributed by atoms with Gasteiger partial charge in [0.25, 0.3) is 5.91 Å². The Hall–Kier alpha value is -2.05. The van der Waals surface area contributed by atoms with Crippen molar-refractivity contribution in [3.63, 3.8) is 0 Å². The van der Waals surface area contributed by atoms with Crippen molar-refractivity contribution in [2.75, 3.05) is 0 Å². The number of amides is 1. The van der Waals surface area contributed by atoms with Gasteiger partial charge in [0.05, 0.1) is 5.69 Å². The van der Waals surface area contributed by atoms with Gasteiger partial charge in [-0.2, -0.15) is 0 Å². The smallest absolute Gasteiger partial charge is 0.262 e. The van der Waals surface area contributed by atoms with E-state index < -0.39 is 23.0 Å². The summed E-state index contributed by atoms with van der Waals surface area (Å²) in [6, 6.07) is 5.34. The second kappa shape index (κ2) is 6.59. The predicted molar refractivity (Wildman–Crippen MR) is 93.8 cm³/mol. The fourth-order valence-corrected chi connectivity index (χ4v) is 3.42. The number of aryl methyl sites for hydroxylation is 1. The zero-order valence-electron chi connectivity index (χ0n) is 14.4. The number of carbonyl (C=O) groups excluding carboxylic acids is 1. The number of halogens is 3. The molecule has 2 N–H and O–H groups in total. The first-order valence-electron chi connectivity index (χ1n) is 8.24. The fourth-order valence-electron chi connectivity index (χ4n) is 3.19. The Bertz CT molecular complexity index is 873. The molecule has 2 unspecified atom stereocenters. The molecule has 0 radical (unpaired) electrons. The number of benzene rings is 1. The Kier molecular flexibility index (Phi) is 4.75. The van der Waals surface area contributed by atoms with Gasteiger partial charge in [0.1, 0.15) is 11.4 Å². The highest BCUT2D eigenvalue weighted by Gasteiger charge is 2.50. The lowest BCUT2D eigenvalue weighted by atomic mass is 9.75. The molecule has 0 saturated heterocycles. The second-order valence-electron chi connectivity index (χ2n) is 6.90. The Morgan fingerprint density at radius 3 is 2.81 bits per heavy atom. The number of carbonyl (C=O) groups is 1. The molecule has 1 aliphatic carbocycles. The highest BCUT2D eigenvalue weighted by molar-refractivity contribution is 6.31. The molecule has 1 heterocycles. The van der Waals surface area contributed by atoms with Crippen LogP contribution in [0, 0.1) is 12.7 Å². The van der Waals surface area contributed by atoms with Crippen LogP contribution < -0.4 is 5.32 Å². The molecule has 26 heavy (non-hydrogen) atoms. The van der Waals surface area contributed by atoms with Crippen molar-refractivity contribution in [1.82, 2.24) is 10.3 Å². The molecule has 0 fully saturated rings. The van der Waals surface area contributed by atoms with E-state index in [1.54, 1.807) is 19.9 Å². The van der Waals surface area contributed by atoms with Gasteiger partial charge < -0.3 is 10.4 Å². The molecule has 138 valence electrons. The molecule has 1 amide bonds. The first-order chi connectivity index (χ1) is 12.1. The Balaban J connectivity index is 1.88. The van der Waals surface area contributed by atoms with Gasteiger partial charge in [-0.15, -0.1) is 0 Å². The van der Waals surface area contributed by atoms with Crippen LogP contribution in [-0.2, 0) is 22.6 Å². The topological polar surface area (TPSA) is 62.2 Å². The molecule has 1 aromatic heterocycles. The van der Waals surface area contributed by atoms with E-state index in [0.717, 1.165) is 6.07 Å². The van der Waals surface area contributed by atoms with Crippen LogP contribution in [-0.4, -0.2) is 16.0 Å². The van der Waals surface area contributed by atoms with E-state index in [-0.39, 0.29) is 35.7 Å². The standard InChI is InChI=1S/C19H19ClF2N2O2/c1-11-7-14-16(23-9-11)18(2,26)5-6-19(14,22)17(25)24-10-12-3-4-13(21)8-15(12)20/h3-4,7-9,26H,5-6,10H2,1-2H3,(H,24,25). The average molecular weight is 381 g/mol. The fraction of sp³-hybridized carbons (Fsp3) is 0.368. The quantitative estimate of drug-likeness (QED) is 0.854. The van der Waals surface area contributed by atoms with Gasteiger partial charge in [-0.05, 0) is 56.0 Å². The normalized spacial score (nSPS) is 24.8. The lowest BCUT2D eigenvalue weighted by molar-refractivity contribution is -0.136. The number of aromatic nitrogens is 1. The van der Waals surface area contributed by atoms with Crippen LogP contribution in [0.3, 0.4) is 0 Å². The van der Waals surface area contributed by atoms with Crippen LogP contribution in [0.1, 0.15) is 42.1 Å². The molecule has 2 atom stereocenters. The number of hydrogen-bond donors (Lipinski definition) is 2. The van der Waals surface area contributed by atoms with E-state index >= 15 is 4.39 Å². The Morgan fingerprint density at radius 2 is 2.12 bits per heavy atom. The zero-order chi connectivity index (χ0) is 19.1. The van der Waals surface area contributed by atoms with Crippen LogP contribution in [0.15, 0.2) is 30.5 Å². The van der Waals surface area contributed by atoms with E-state index in [1.807, 2.05) is 0 Å². The number of nitrogens with zero attached hydrogens (tertiary/aromatic N) is 1. The summed E-state index contributed by atoms with van der Waals surface area (Å²) in [5.41, 5.74) is -2.17. The van der Waals surface area contributed by atoms with E-state index in [4.69, 9.17) is 11.6 Å². The molecule has 1 aromatic carbocycles. The van der Waals surface area contributed by atoms with E-state index in [2.05, 4.69) is 10.3 Å². The molecule has 4 nitrogen and oxygen atoms in total. The van der Waals surface area contributed by atoms with Crippen LogP contribution in [0.25, 0.3) is 0 Å². The van der Waals surface area contributed by atoms with Crippen molar-refractivity contribution in [3.8, 4) is 0 Å². The van der Waals surface area contributed by atoms with Crippen molar-refractivity contribution in [2.45, 2.75) is 44.5 Å². The highest BCUT2D eigenvalue weighted by atomic mass is 35.5. The van der Waals surface area contributed by atoms with Crippen LogP contribution in [0.2, 0.25) is 5.02 Å². The minimum absolute atomic E-state index is 0.0331. The minimum Gasteiger partial charge on any atom is -0.384 e. The van der Waals surface area contributed by atoms with Crippen molar-refractivity contribution < 1.29 is 18.7 Å². The Labute approximate surface area is 155 Å². The van der Waals surface area contributed by atoms with Crippen molar-refractivity contribution >= 4 is 17.5 Å². The number of alkyl halides is 1. The molecular weight excluding hydrogens is 362 g/mol. The zero-order valence-corrected chi connectivity index (χ0v) is 15.2. The summed E-state index contributed by atoms with van der Waals surface area (Å²) in [6.45, 7) is 3.27. The summed E-state index contributed by atoms with van der Waals surface area (Å²) >= 11 is 5.94. The van der Waals surface area contributed by atoms with Crippen LogP contribution in [0.5, 0.6) is 0 Å². The number of fused-ring (bicyclic) bond motifs is 1. The molecular formula is C19H19ClF2N2O2. The van der Waals surface area contributed by atoms with Gasteiger partial charge >= 0.3 is 0 Å². The van der Waals surface area contributed by atoms with Gasteiger partial charge in [-0.1, -0.05) is 17.7 Å². The SMILES string of the molecule is Cc1cnc2c(c1)C(F)(C(=O)NCc1ccc(F)cc1Cl)CCC2(C)O. The lowest BCUT2D eigenvalue weighted by Crippen LogP contribution is -2.47. The van der Waals surface area contributed by atoms with Gasteiger partial charge in [-0.3, -0.25) is 9.78 Å². The maximum atomic E-state index is 15.7. The summed E-state index contributed by atoms with van der Waals surface area (Å²) < 4.78 is 28.8. The third kappa shape index (κ3) is 3.31. The molecule has 7 heteroatoms. The highest BCUT2D eigenvalue weighted by Crippen LogP contribution is 2.45. The first kappa shape index (κ1) is 18.7. The van der Waals surface area contributed by atoms with Crippen molar-refractivity contribution in [1.29, 1.82) is 0 Å². The van der Waals surface area contributed by atoms with Crippen molar-refractivity contribution in [3.05, 3.63) is 63.7 Å². The lowest BCUT2D eigenvalue weighted by Gasteiger charge is -2.37. The second-order valence-corrected chi connectivity index (χ2v) is 7.31. The third-order valence-corrected chi connectivity index (χ3v) is 5.08. The molecule has 1 aliphatic rings. The maximum absolute atomic E-state index is 15.7. The number of nitrogens with one attached hydrogen (secondary N) is 1. The molecule has 0 saturated carbocycles. The van der Waals surface area contributed by atoms with Crippen LogP contribution >= 0.6 is 11.6 Å². The van der Waals surface area contributed by atoms with E-state index in [0.29, 0.717) is 11.1 Å².